The molecule has 200 valence electrons. The summed E-state index contributed by atoms with van der Waals surface area (Å²) in [4.78, 5) is 15.2. The van der Waals surface area contributed by atoms with Crippen LogP contribution in [-0.4, -0.2) is 57.1 Å². The number of benzene rings is 1. The topological polar surface area (TPSA) is 63.2 Å². The maximum absolute atomic E-state index is 5.90. The average molecular weight is 511 g/mol. The lowest BCUT2D eigenvalue weighted by Crippen LogP contribution is -2.34. The fourth-order valence-electron chi connectivity index (χ4n) is 6.78. The molecule has 6 nitrogen and oxygen atoms in total. The van der Waals surface area contributed by atoms with E-state index in [1.165, 1.54) is 77.5 Å². The first-order valence-electron chi connectivity index (χ1n) is 14.8. The molecule has 0 unspecified atom stereocenters. The minimum absolute atomic E-state index is 0.334. The Bertz CT molecular complexity index is 1350. The van der Waals surface area contributed by atoms with Gasteiger partial charge in [0, 0.05) is 48.3 Å². The van der Waals surface area contributed by atoms with E-state index in [2.05, 4.69) is 56.8 Å². The van der Waals surface area contributed by atoms with E-state index >= 15 is 0 Å². The van der Waals surface area contributed by atoms with Crippen molar-refractivity contribution in [2.45, 2.75) is 70.5 Å². The lowest BCUT2D eigenvalue weighted by atomic mass is 9.90. The highest BCUT2D eigenvalue weighted by Crippen LogP contribution is 2.36. The predicted octanol–water partition coefficient (Wildman–Crippen LogP) is 5.69. The molecule has 4 heterocycles. The Balaban J connectivity index is 1.38. The van der Waals surface area contributed by atoms with Crippen LogP contribution >= 0.6 is 0 Å². The molecule has 2 N–H and O–H groups in total. The van der Waals surface area contributed by atoms with Crippen LogP contribution in [0.5, 0.6) is 0 Å². The lowest BCUT2D eigenvalue weighted by molar-refractivity contribution is 0.161. The molecule has 3 aromatic heterocycles. The highest BCUT2D eigenvalue weighted by molar-refractivity contribution is 6.08. The fraction of sp³-hybridized carbons (Fsp3) is 0.500. The molecule has 0 bridgehead atoms. The molecule has 0 amide bonds. The molecule has 0 saturated carbocycles. The molecule has 1 atom stereocenters. The van der Waals surface area contributed by atoms with Crippen molar-refractivity contribution in [1.82, 2.24) is 24.3 Å². The second-order valence-corrected chi connectivity index (χ2v) is 11.1. The molecule has 1 aliphatic heterocycles. The molecule has 4 aromatic rings. The minimum atomic E-state index is 0.334. The summed E-state index contributed by atoms with van der Waals surface area (Å²) in [6.07, 6.45) is 13.7. The quantitative estimate of drug-likeness (QED) is 0.278. The number of hydrogen-bond acceptors (Lipinski definition) is 5. The van der Waals surface area contributed by atoms with Crippen molar-refractivity contribution in [2.75, 3.05) is 32.7 Å². The van der Waals surface area contributed by atoms with Gasteiger partial charge in [-0.25, -0.2) is 0 Å². The standard InChI is InChI=1S/C32H42N6/c33-16-4-7-21-37(30-14-8-10-25-11-9-17-35-31(25)30)24-28-32-27(15-18-34-28)26-12-2-3-13-29(26)38(32)23-22-36-19-5-1-6-20-36/h2-3,9,11-13,15,17-18,30H,1,4-8,10,14,16,19-24,33H2/t30-/m0/s1. The van der Waals surface area contributed by atoms with E-state index in [1.807, 2.05) is 12.4 Å². The van der Waals surface area contributed by atoms with Gasteiger partial charge in [0.1, 0.15) is 0 Å². The summed E-state index contributed by atoms with van der Waals surface area (Å²) >= 11 is 0. The van der Waals surface area contributed by atoms with Crippen LogP contribution in [0.1, 0.15) is 67.9 Å². The largest absolute Gasteiger partial charge is 0.338 e. The first-order chi connectivity index (χ1) is 18.8. The van der Waals surface area contributed by atoms with E-state index in [9.17, 15) is 0 Å². The number of nitrogens with two attached hydrogens (primary N) is 1. The van der Waals surface area contributed by atoms with E-state index in [1.54, 1.807) is 0 Å². The van der Waals surface area contributed by atoms with Crippen molar-refractivity contribution < 1.29 is 0 Å². The molecule has 1 fully saturated rings. The summed E-state index contributed by atoms with van der Waals surface area (Å²) in [6, 6.07) is 15.8. The Kier molecular flexibility index (Phi) is 8.00. The smallest absolute Gasteiger partial charge is 0.0787 e. The van der Waals surface area contributed by atoms with Crippen LogP contribution in [0, 0.1) is 0 Å². The van der Waals surface area contributed by atoms with E-state index in [4.69, 9.17) is 15.7 Å². The zero-order valence-electron chi connectivity index (χ0n) is 22.7. The maximum Gasteiger partial charge on any atom is 0.0787 e. The number of nitrogens with zero attached hydrogens (tertiary/aromatic N) is 5. The van der Waals surface area contributed by atoms with E-state index in [0.29, 0.717) is 6.04 Å². The number of para-hydroxylation sites is 1. The van der Waals surface area contributed by atoms with Crippen LogP contribution in [0.3, 0.4) is 0 Å². The number of fused-ring (bicyclic) bond motifs is 4. The fourth-order valence-corrected chi connectivity index (χ4v) is 6.78. The number of aryl methyl sites for hydroxylation is 1. The van der Waals surface area contributed by atoms with Gasteiger partial charge in [-0.15, -0.1) is 0 Å². The number of aromatic nitrogens is 3. The second kappa shape index (κ2) is 11.9. The number of piperidine rings is 1. The normalized spacial score (nSPS) is 18.4. The summed E-state index contributed by atoms with van der Waals surface area (Å²) in [5, 5.41) is 2.66. The van der Waals surface area contributed by atoms with Gasteiger partial charge < -0.3 is 15.2 Å². The van der Waals surface area contributed by atoms with Crippen LogP contribution in [-0.2, 0) is 19.5 Å². The molecule has 1 saturated heterocycles. The molecule has 0 spiro atoms. The maximum atomic E-state index is 5.90. The number of hydrogen-bond donors (Lipinski definition) is 1. The molecular formula is C32H42N6. The molecule has 38 heavy (non-hydrogen) atoms. The van der Waals surface area contributed by atoms with Crippen molar-refractivity contribution in [3.63, 3.8) is 0 Å². The molecule has 6 rings (SSSR count). The van der Waals surface area contributed by atoms with Gasteiger partial charge in [-0.05, 0) is 94.9 Å². The Hall–Kier alpha value is -2.80. The van der Waals surface area contributed by atoms with Gasteiger partial charge in [0.2, 0.25) is 0 Å². The van der Waals surface area contributed by atoms with Crippen LogP contribution in [0.4, 0.5) is 0 Å². The summed E-state index contributed by atoms with van der Waals surface area (Å²) < 4.78 is 2.56. The zero-order valence-corrected chi connectivity index (χ0v) is 22.7. The van der Waals surface area contributed by atoms with Crippen molar-refractivity contribution in [3.8, 4) is 0 Å². The predicted molar refractivity (Wildman–Crippen MR) is 156 cm³/mol. The van der Waals surface area contributed by atoms with E-state index in [-0.39, 0.29) is 0 Å². The highest BCUT2D eigenvalue weighted by atomic mass is 15.2. The van der Waals surface area contributed by atoms with Crippen LogP contribution in [0.2, 0.25) is 0 Å². The summed E-state index contributed by atoms with van der Waals surface area (Å²) in [7, 11) is 0. The number of rotatable bonds is 10. The Morgan fingerprint density at radius 1 is 0.868 bits per heavy atom. The molecule has 1 aliphatic carbocycles. The average Bonchev–Trinajstić information content (AvgIpc) is 3.30. The number of likely N-dealkylation sites (tertiary alicyclic amines) is 1. The van der Waals surface area contributed by atoms with Gasteiger partial charge in [0.25, 0.3) is 0 Å². The third-order valence-corrected chi connectivity index (χ3v) is 8.70. The molecule has 6 heteroatoms. The molecule has 2 aliphatic rings. The van der Waals surface area contributed by atoms with Gasteiger partial charge in [-0.1, -0.05) is 30.7 Å². The molecule has 0 radical (unpaired) electrons. The van der Waals surface area contributed by atoms with Gasteiger partial charge in [0.05, 0.1) is 22.9 Å². The third-order valence-electron chi connectivity index (χ3n) is 8.70. The Morgan fingerprint density at radius 2 is 1.76 bits per heavy atom. The summed E-state index contributed by atoms with van der Waals surface area (Å²) in [5.41, 5.74) is 12.4. The van der Waals surface area contributed by atoms with Crippen LogP contribution in [0.15, 0.2) is 54.9 Å². The lowest BCUT2D eigenvalue weighted by Gasteiger charge is -2.35. The van der Waals surface area contributed by atoms with Crippen molar-refractivity contribution in [1.29, 1.82) is 0 Å². The second-order valence-electron chi connectivity index (χ2n) is 11.1. The van der Waals surface area contributed by atoms with Gasteiger partial charge >= 0.3 is 0 Å². The highest BCUT2D eigenvalue weighted by Gasteiger charge is 2.28. The molecule has 1 aromatic carbocycles. The van der Waals surface area contributed by atoms with Gasteiger partial charge in [-0.2, -0.15) is 0 Å². The van der Waals surface area contributed by atoms with Gasteiger partial charge in [-0.3, -0.25) is 14.9 Å². The summed E-state index contributed by atoms with van der Waals surface area (Å²) in [6.45, 7) is 7.15. The van der Waals surface area contributed by atoms with Crippen molar-refractivity contribution in [2.24, 2.45) is 5.73 Å². The van der Waals surface area contributed by atoms with Crippen molar-refractivity contribution in [3.05, 3.63) is 71.8 Å². The Labute approximate surface area is 226 Å². The Morgan fingerprint density at radius 3 is 2.66 bits per heavy atom. The van der Waals surface area contributed by atoms with Crippen LogP contribution in [0.25, 0.3) is 21.8 Å². The zero-order chi connectivity index (χ0) is 25.7. The number of pyridine rings is 2. The minimum Gasteiger partial charge on any atom is -0.338 e. The number of unbranched alkanes of at least 4 members (excludes halogenated alkanes) is 1. The SMILES string of the molecule is NCCCCN(Cc1nccc2c3ccccc3n(CCN3CCCCC3)c12)[C@H]1CCCc2cccnc21. The third kappa shape index (κ3) is 5.22. The van der Waals surface area contributed by atoms with Crippen LogP contribution < -0.4 is 5.73 Å². The summed E-state index contributed by atoms with van der Waals surface area (Å²) in [5.74, 6) is 0. The first-order valence-corrected chi connectivity index (χ1v) is 14.8. The van der Waals surface area contributed by atoms with E-state index in [0.717, 1.165) is 58.4 Å². The first kappa shape index (κ1) is 25.5. The molecular weight excluding hydrogens is 468 g/mol. The monoisotopic (exact) mass is 510 g/mol. The van der Waals surface area contributed by atoms with Gasteiger partial charge in [0.15, 0.2) is 0 Å². The van der Waals surface area contributed by atoms with Crippen molar-refractivity contribution >= 4 is 21.8 Å². The van der Waals surface area contributed by atoms with E-state index < -0.39 is 0 Å².